The van der Waals surface area contributed by atoms with Crippen molar-refractivity contribution in [3.8, 4) is 0 Å². The van der Waals surface area contributed by atoms with Gasteiger partial charge in [-0.1, -0.05) is 30.3 Å². The fraction of sp³-hybridized carbons (Fsp3) is 0.316. The van der Waals surface area contributed by atoms with E-state index in [1.165, 1.54) is 5.01 Å². The lowest BCUT2D eigenvalue weighted by atomic mass is 10.1. The Morgan fingerprint density at radius 2 is 2.00 bits per heavy atom. The van der Waals surface area contributed by atoms with Gasteiger partial charge in [-0.05, 0) is 25.5 Å². The predicted octanol–water partition coefficient (Wildman–Crippen LogP) is 2.69. The molecule has 1 aromatic heterocycles. The number of benzene rings is 1. The van der Waals surface area contributed by atoms with Gasteiger partial charge in [0, 0.05) is 24.9 Å². The molecule has 0 atom stereocenters. The van der Waals surface area contributed by atoms with Gasteiger partial charge in [0.25, 0.3) is 5.91 Å². The highest BCUT2D eigenvalue weighted by Crippen LogP contribution is 2.15. The zero-order valence-corrected chi connectivity index (χ0v) is 14.4. The largest absolute Gasteiger partial charge is 0.466 e. The fourth-order valence-corrected chi connectivity index (χ4v) is 2.78. The maximum Gasteiger partial charge on any atom is 0.267 e. The molecule has 1 aliphatic heterocycles. The first kappa shape index (κ1) is 17.0. The zero-order chi connectivity index (χ0) is 17.8. The van der Waals surface area contributed by atoms with Gasteiger partial charge in [0.15, 0.2) is 0 Å². The number of amides is 2. The van der Waals surface area contributed by atoms with E-state index in [1.54, 1.807) is 0 Å². The number of hydrogen-bond donors (Lipinski definition) is 1. The molecule has 130 valence electrons. The molecule has 2 amide bonds. The molecule has 0 saturated heterocycles. The van der Waals surface area contributed by atoms with E-state index < -0.39 is 0 Å². The van der Waals surface area contributed by atoms with Crippen LogP contribution in [0.5, 0.6) is 0 Å². The Morgan fingerprint density at radius 1 is 1.24 bits per heavy atom. The molecule has 6 nitrogen and oxygen atoms in total. The van der Waals surface area contributed by atoms with Gasteiger partial charge in [-0.15, -0.1) is 0 Å². The van der Waals surface area contributed by atoms with Gasteiger partial charge in [0.1, 0.15) is 17.2 Å². The Hall–Kier alpha value is -2.89. The van der Waals surface area contributed by atoms with Crippen LogP contribution in [0.4, 0.5) is 0 Å². The highest BCUT2D eigenvalue weighted by molar-refractivity contribution is 6.39. The molecule has 25 heavy (non-hydrogen) atoms. The monoisotopic (exact) mass is 339 g/mol. The molecule has 3 rings (SSSR count). The van der Waals surface area contributed by atoms with Crippen molar-refractivity contribution in [3.05, 3.63) is 59.0 Å². The Bertz CT molecular complexity index is 809. The van der Waals surface area contributed by atoms with Crippen molar-refractivity contribution >= 4 is 17.5 Å². The summed E-state index contributed by atoms with van der Waals surface area (Å²) in [5.41, 5.74) is 2.30. The van der Waals surface area contributed by atoms with Crippen LogP contribution in [0.1, 0.15) is 35.5 Å². The molecule has 0 fully saturated rings. The van der Waals surface area contributed by atoms with Crippen molar-refractivity contribution in [1.29, 1.82) is 0 Å². The van der Waals surface area contributed by atoms with Crippen molar-refractivity contribution in [2.24, 2.45) is 5.10 Å². The summed E-state index contributed by atoms with van der Waals surface area (Å²) in [4.78, 5) is 24.5. The van der Waals surface area contributed by atoms with Gasteiger partial charge in [-0.3, -0.25) is 9.59 Å². The van der Waals surface area contributed by atoms with Crippen molar-refractivity contribution in [3.63, 3.8) is 0 Å². The summed E-state index contributed by atoms with van der Waals surface area (Å²) in [6.45, 7) is 4.49. The average Bonchev–Trinajstić information content (AvgIpc) is 2.93. The lowest BCUT2D eigenvalue weighted by molar-refractivity contribution is -0.132. The minimum Gasteiger partial charge on any atom is -0.466 e. The lowest BCUT2D eigenvalue weighted by Gasteiger charge is -2.23. The first-order chi connectivity index (χ1) is 12.0. The van der Waals surface area contributed by atoms with E-state index in [1.807, 2.05) is 50.2 Å². The maximum atomic E-state index is 12.4. The van der Waals surface area contributed by atoms with Crippen LogP contribution in [0.15, 0.2) is 45.9 Å². The van der Waals surface area contributed by atoms with E-state index in [2.05, 4.69) is 10.4 Å². The van der Waals surface area contributed by atoms with E-state index in [0.29, 0.717) is 31.6 Å². The molecule has 0 bridgehead atoms. The topological polar surface area (TPSA) is 74.9 Å². The SMILES string of the molecule is Cc1cc(CNC(=O)C2=NN(Cc3ccccc3)C(=O)CC2)c(C)o1. The van der Waals surface area contributed by atoms with Crippen molar-refractivity contribution in [2.45, 2.75) is 39.8 Å². The number of furan rings is 1. The van der Waals surface area contributed by atoms with Crippen molar-refractivity contribution < 1.29 is 14.0 Å². The first-order valence-corrected chi connectivity index (χ1v) is 8.29. The minimum atomic E-state index is -0.246. The standard InChI is InChI=1S/C19H21N3O3/c1-13-10-16(14(2)25-13)11-20-19(24)17-8-9-18(23)22(21-17)12-15-6-4-3-5-7-15/h3-7,10H,8-9,11-12H2,1-2H3,(H,20,24). The second kappa shape index (κ2) is 7.34. The summed E-state index contributed by atoms with van der Waals surface area (Å²) in [5, 5.41) is 8.49. The summed E-state index contributed by atoms with van der Waals surface area (Å²) >= 11 is 0. The van der Waals surface area contributed by atoms with Crippen LogP contribution in [-0.4, -0.2) is 22.5 Å². The molecule has 1 N–H and O–H groups in total. The van der Waals surface area contributed by atoms with Crippen LogP contribution in [0.3, 0.4) is 0 Å². The maximum absolute atomic E-state index is 12.4. The third kappa shape index (κ3) is 4.15. The summed E-state index contributed by atoms with van der Waals surface area (Å²) in [7, 11) is 0. The van der Waals surface area contributed by atoms with Crippen LogP contribution in [0, 0.1) is 13.8 Å². The molecule has 0 radical (unpaired) electrons. The third-order valence-electron chi connectivity index (χ3n) is 4.13. The summed E-state index contributed by atoms with van der Waals surface area (Å²) < 4.78 is 5.46. The van der Waals surface area contributed by atoms with Crippen LogP contribution in [0.2, 0.25) is 0 Å². The number of nitrogens with zero attached hydrogens (tertiary/aromatic N) is 2. The van der Waals surface area contributed by atoms with E-state index in [9.17, 15) is 9.59 Å². The van der Waals surface area contributed by atoms with Crippen molar-refractivity contribution in [1.82, 2.24) is 10.3 Å². The number of hydrazone groups is 1. The lowest BCUT2D eigenvalue weighted by Crippen LogP contribution is -2.38. The average molecular weight is 339 g/mol. The Labute approximate surface area is 146 Å². The molecule has 0 aliphatic carbocycles. The molecule has 0 spiro atoms. The molecule has 2 heterocycles. The number of carbonyl (C=O) groups is 2. The quantitative estimate of drug-likeness (QED) is 0.910. The minimum absolute atomic E-state index is 0.0679. The van der Waals surface area contributed by atoms with E-state index >= 15 is 0 Å². The Morgan fingerprint density at radius 3 is 2.68 bits per heavy atom. The zero-order valence-electron chi connectivity index (χ0n) is 14.4. The van der Waals surface area contributed by atoms with Crippen molar-refractivity contribution in [2.75, 3.05) is 0 Å². The van der Waals surface area contributed by atoms with Crippen LogP contribution in [-0.2, 0) is 22.7 Å². The number of aryl methyl sites for hydroxylation is 2. The molecule has 1 aliphatic rings. The van der Waals surface area contributed by atoms with Gasteiger partial charge in [-0.2, -0.15) is 5.10 Å². The van der Waals surface area contributed by atoms with Gasteiger partial charge in [-0.25, -0.2) is 5.01 Å². The van der Waals surface area contributed by atoms with Crippen LogP contribution in [0.25, 0.3) is 0 Å². The van der Waals surface area contributed by atoms with Gasteiger partial charge >= 0.3 is 0 Å². The normalized spacial score (nSPS) is 14.4. The number of hydrogen-bond acceptors (Lipinski definition) is 4. The first-order valence-electron chi connectivity index (χ1n) is 8.29. The number of carbonyl (C=O) groups excluding carboxylic acids is 2. The Kier molecular flexibility index (Phi) is 4.97. The second-order valence-electron chi connectivity index (χ2n) is 6.10. The Balaban J connectivity index is 1.66. The van der Waals surface area contributed by atoms with Gasteiger partial charge in [0.2, 0.25) is 5.91 Å². The number of nitrogens with one attached hydrogen (secondary N) is 1. The molecule has 6 heteroatoms. The molecular formula is C19H21N3O3. The smallest absolute Gasteiger partial charge is 0.267 e. The second-order valence-corrected chi connectivity index (χ2v) is 6.10. The van der Waals surface area contributed by atoms with Gasteiger partial charge < -0.3 is 9.73 Å². The fourth-order valence-electron chi connectivity index (χ4n) is 2.78. The molecule has 1 aromatic carbocycles. The molecule has 0 saturated carbocycles. The van der Waals surface area contributed by atoms with E-state index in [4.69, 9.17) is 4.42 Å². The highest BCUT2D eigenvalue weighted by Gasteiger charge is 2.24. The summed E-state index contributed by atoms with van der Waals surface area (Å²) in [6.07, 6.45) is 0.655. The number of rotatable bonds is 5. The van der Waals surface area contributed by atoms with E-state index in [0.717, 1.165) is 22.6 Å². The van der Waals surface area contributed by atoms with E-state index in [-0.39, 0.29) is 11.8 Å². The molecule has 0 unspecified atom stereocenters. The van der Waals surface area contributed by atoms with Crippen LogP contribution >= 0.6 is 0 Å². The van der Waals surface area contributed by atoms with Gasteiger partial charge in [0.05, 0.1) is 6.54 Å². The summed E-state index contributed by atoms with van der Waals surface area (Å²) in [6, 6.07) is 11.5. The molecular weight excluding hydrogens is 318 g/mol. The predicted molar refractivity (Wildman–Crippen MR) is 93.7 cm³/mol. The molecule has 2 aromatic rings. The van der Waals surface area contributed by atoms with Crippen LogP contribution < -0.4 is 5.32 Å². The highest BCUT2D eigenvalue weighted by atomic mass is 16.3. The third-order valence-corrected chi connectivity index (χ3v) is 4.13. The summed E-state index contributed by atoms with van der Waals surface area (Å²) in [5.74, 6) is 1.30.